The Hall–Kier alpha value is -1.42. The van der Waals surface area contributed by atoms with Gasteiger partial charge < -0.3 is 10.6 Å². The maximum Gasteiger partial charge on any atom is 0.234 e. The van der Waals surface area contributed by atoms with E-state index in [-0.39, 0.29) is 30.4 Å². The molecular weight excluding hydrogens is 219 g/mol. The van der Waals surface area contributed by atoms with Crippen LogP contribution in [0, 0.1) is 5.82 Å². The van der Waals surface area contributed by atoms with Crippen molar-refractivity contribution in [2.75, 3.05) is 6.54 Å². The number of nitrogens with one attached hydrogen (secondary N) is 2. The fourth-order valence-corrected chi connectivity index (χ4v) is 1.49. The van der Waals surface area contributed by atoms with Crippen LogP contribution in [-0.4, -0.2) is 18.5 Å². The van der Waals surface area contributed by atoms with E-state index in [1.54, 1.807) is 25.1 Å². The SMILES string of the molecule is CC(C)NCC(=O)NC(C)c1ccccc1F. The van der Waals surface area contributed by atoms with Crippen molar-refractivity contribution in [3.63, 3.8) is 0 Å². The molecule has 0 aromatic heterocycles. The van der Waals surface area contributed by atoms with Crippen molar-refractivity contribution in [1.82, 2.24) is 10.6 Å². The molecule has 94 valence electrons. The predicted molar refractivity (Wildman–Crippen MR) is 66.1 cm³/mol. The van der Waals surface area contributed by atoms with Gasteiger partial charge in [-0.1, -0.05) is 32.0 Å². The molecule has 1 aromatic carbocycles. The van der Waals surface area contributed by atoms with Gasteiger partial charge in [0.15, 0.2) is 0 Å². The molecule has 0 saturated carbocycles. The van der Waals surface area contributed by atoms with Gasteiger partial charge in [-0.25, -0.2) is 4.39 Å². The van der Waals surface area contributed by atoms with Crippen molar-refractivity contribution < 1.29 is 9.18 Å². The molecule has 0 aliphatic carbocycles. The van der Waals surface area contributed by atoms with Crippen molar-refractivity contribution >= 4 is 5.91 Å². The van der Waals surface area contributed by atoms with Crippen molar-refractivity contribution in [1.29, 1.82) is 0 Å². The fraction of sp³-hybridized carbons (Fsp3) is 0.462. The van der Waals surface area contributed by atoms with E-state index < -0.39 is 0 Å². The zero-order chi connectivity index (χ0) is 12.8. The van der Waals surface area contributed by atoms with Crippen molar-refractivity contribution in [3.8, 4) is 0 Å². The Kier molecular flexibility index (Phi) is 5.10. The third-order valence-electron chi connectivity index (χ3n) is 2.42. The lowest BCUT2D eigenvalue weighted by atomic mass is 10.1. The Bertz CT molecular complexity index is 379. The molecule has 0 bridgehead atoms. The number of halogens is 1. The van der Waals surface area contributed by atoms with Gasteiger partial charge in [-0.2, -0.15) is 0 Å². The number of carbonyl (C=O) groups excluding carboxylic acids is 1. The molecule has 0 aliphatic heterocycles. The van der Waals surface area contributed by atoms with Crippen LogP contribution in [0.25, 0.3) is 0 Å². The highest BCUT2D eigenvalue weighted by Crippen LogP contribution is 2.15. The quantitative estimate of drug-likeness (QED) is 0.823. The maximum absolute atomic E-state index is 13.4. The highest BCUT2D eigenvalue weighted by atomic mass is 19.1. The topological polar surface area (TPSA) is 41.1 Å². The third kappa shape index (κ3) is 4.53. The summed E-state index contributed by atoms with van der Waals surface area (Å²) in [5, 5.41) is 5.76. The molecule has 3 nitrogen and oxygen atoms in total. The van der Waals surface area contributed by atoms with Gasteiger partial charge in [-0.3, -0.25) is 4.79 Å². The van der Waals surface area contributed by atoms with E-state index in [1.165, 1.54) is 6.07 Å². The Labute approximate surface area is 101 Å². The summed E-state index contributed by atoms with van der Waals surface area (Å²) in [6.07, 6.45) is 0. The van der Waals surface area contributed by atoms with Gasteiger partial charge in [0, 0.05) is 11.6 Å². The Morgan fingerprint density at radius 2 is 1.94 bits per heavy atom. The number of hydrogen-bond acceptors (Lipinski definition) is 2. The zero-order valence-corrected chi connectivity index (χ0v) is 10.5. The number of rotatable bonds is 5. The molecule has 1 rings (SSSR count). The normalized spacial score (nSPS) is 12.5. The molecule has 1 aromatic rings. The average Bonchev–Trinajstić information content (AvgIpc) is 2.26. The standard InChI is InChI=1S/C13H19FN2O/c1-9(2)15-8-13(17)16-10(3)11-6-4-5-7-12(11)14/h4-7,9-10,15H,8H2,1-3H3,(H,16,17). The van der Waals surface area contributed by atoms with Crippen LogP contribution in [0.5, 0.6) is 0 Å². The van der Waals surface area contributed by atoms with Crippen molar-refractivity contribution in [2.45, 2.75) is 32.9 Å². The molecular formula is C13H19FN2O. The van der Waals surface area contributed by atoms with Crippen LogP contribution in [0.2, 0.25) is 0 Å². The number of hydrogen-bond donors (Lipinski definition) is 2. The van der Waals surface area contributed by atoms with Crippen LogP contribution < -0.4 is 10.6 Å². The first-order valence-electron chi connectivity index (χ1n) is 5.78. The van der Waals surface area contributed by atoms with Gasteiger partial charge in [0.1, 0.15) is 5.82 Å². The molecule has 1 unspecified atom stereocenters. The lowest BCUT2D eigenvalue weighted by Crippen LogP contribution is -2.38. The van der Waals surface area contributed by atoms with E-state index in [1.807, 2.05) is 13.8 Å². The Morgan fingerprint density at radius 1 is 1.29 bits per heavy atom. The van der Waals surface area contributed by atoms with Crippen LogP contribution >= 0.6 is 0 Å². The van der Waals surface area contributed by atoms with E-state index in [4.69, 9.17) is 0 Å². The summed E-state index contributed by atoms with van der Waals surface area (Å²) < 4.78 is 13.4. The van der Waals surface area contributed by atoms with E-state index in [9.17, 15) is 9.18 Å². The van der Waals surface area contributed by atoms with Crippen LogP contribution in [0.3, 0.4) is 0 Å². The van der Waals surface area contributed by atoms with Gasteiger partial charge in [0.2, 0.25) is 5.91 Å². The molecule has 0 fully saturated rings. The van der Waals surface area contributed by atoms with Gasteiger partial charge in [-0.05, 0) is 13.0 Å². The second-order valence-electron chi connectivity index (χ2n) is 4.35. The molecule has 0 saturated heterocycles. The summed E-state index contributed by atoms with van der Waals surface area (Å²) in [6.45, 7) is 5.95. The van der Waals surface area contributed by atoms with Crippen LogP contribution in [0.4, 0.5) is 4.39 Å². The maximum atomic E-state index is 13.4. The van der Waals surface area contributed by atoms with E-state index in [0.29, 0.717) is 5.56 Å². The van der Waals surface area contributed by atoms with Crippen LogP contribution in [0.1, 0.15) is 32.4 Å². The van der Waals surface area contributed by atoms with Crippen LogP contribution in [0.15, 0.2) is 24.3 Å². The molecule has 17 heavy (non-hydrogen) atoms. The van der Waals surface area contributed by atoms with Gasteiger partial charge >= 0.3 is 0 Å². The number of amides is 1. The first-order chi connectivity index (χ1) is 8.00. The highest BCUT2D eigenvalue weighted by molar-refractivity contribution is 5.78. The third-order valence-corrected chi connectivity index (χ3v) is 2.42. The van der Waals surface area contributed by atoms with Gasteiger partial charge in [0.25, 0.3) is 0 Å². The minimum Gasteiger partial charge on any atom is -0.348 e. The molecule has 1 atom stereocenters. The first kappa shape index (κ1) is 13.6. The van der Waals surface area contributed by atoms with E-state index in [0.717, 1.165) is 0 Å². The van der Waals surface area contributed by atoms with E-state index >= 15 is 0 Å². The monoisotopic (exact) mass is 238 g/mol. The van der Waals surface area contributed by atoms with E-state index in [2.05, 4.69) is 10.6 Å². The smallest absolute Gasteiger partial charge is 0.234 e. The minimum absolute atomic E-state index is 0.130. The number of benzene rings is 1. The highest BCUT2D eigenvalue weighted by Gasteiger charge is 2.12. The molecule has 0 aliphatic rings. The number of carbonyl (C=O) groups is 1. The Balaban J connectivity index is 2.52. The minimum atomic E-state index is -0.322. The van der Waals surface area contributed by atoms with Crippen molar-refractivity contribution in [2.24, 2.45) is 0 Å². The van der Waals surface area contributed by atoms with Gasteiger partial charge in [-0.15, -0.1) is 0 Å². The average molecular weight is 238 g/mol. The fourth-order valence-electron chi connectivity index (χ4n) is 1.49. The predicted octanol–water partition coefficient (Wildman–Crippen LogP) is 2.00. The molecule has 4 heteroatoms. The molecule has 0 heterocycles. The summed E-state index contributed by atoms with van der Waals surface area (Å²) >= 11 is 0. The molecule has 2 N–H and O–H groups in total. The Morgan fingerprint density at radius 3 is 2.53 bits per heavy atom. The molecule has 0 spiro atoms. The summed E-state index contributed by atoms with van der Waals surface area (Å²) in [5.41, 5.74) is 0.505. The lowest BCUT2D eigenvalue weighted by Gasteiger charge is -2.16. The summed E-state index contributed by atoms with van der Waals surface area (Å²) in [7, 11) is 0. The molecule has 1 amide bonds. The van der Waals surface area contributed by atoms with Gasteiger partial charge in [0.05, 0.1) is 12.6 Å². The van der Waals surface area contributed by atoms with Crippen molar-refractivity contribution in [3.05, 3.63) is 35.6 Å². The summed E-state index contributed by atoms with van der Waals surface area (Å²) in [5.74, 6) is -0.424. The van der Waals surface area contributed by atoms with Crippen LogP contribution in [-0.2, 0) is 4.79 Å². The zero-order valence-electron chi connectivity index (χ0n) is 10.5. The summed E-state index contributed by atoms with van der Waals surface area (Å²) in [4.78, 5) is 11.5. The lowest BCUT2D eigenvalue weighted by molar-refractivity contribution is -0.121. The summed E-state index contributed by atoms with van der Waals surface area (Å²) in [6, 6.07) is 6.39. The second-order valence-corrected chi connectivity index (χ2v) is 4.35. The second kappa shape index (κ2) is 6.35. The first-order valence-corrected chi connectivity index (χ1v) is 5.78. The largest absolute Gasteiger partial charge is 0.348 e. The molecule has 0 radical (unpaired) electrons.